The molecule has 1 fully saturated rings. The summed E-state index contributed by atoms with van der Waals surface area (Å²) in [6, 6.07) is 14.9. The van der Waals surface area contributed by atoms with Crippen molar-refractivity contribution in [2.45, 2.75) is 32.9 Å². The summed E-state index contributed by atoms with van der Waals surface area (Å²) < 4.78 is 0. The average molecular weight is 361 g/mol. The maximum Gasteiger partial charge on any atom is 0.132 e. The SMILES string of the molecule is CN(c1ccccc1)c1ccc(CN2CCC(N)C(C)(C)C2)cn1.Cl. The van der Waals surface area contributed by atoms with Gasteiger partial charge in [-0.15, -0.1) is 12.4 Å². The van der Waals surface area contributed by atoms with Gasteiger partial charge in [0.25, 0.3) is 0 Å². The normalized spacial score (nSPS) is 19.9. The molecule has 2 heterocycles. The van der Waals surface area contributed by atoms with E-state index < -0.39 is 0 Å². The van der Waals surface area contributed by atoms with Gasteiger partial charge in [-0.3, -0.25) is 4.90 Å². The molecule has 0 spiro atoms. The van der Waals surface area contributed by atoms with Gasteiger partial charge in [-0.1, -0.05) is 38.1 Å². The second-order valence-electron chi connectivity index (χ2n) is 7.51. The fourth-order valence-electron chi connectivity index (χ4n) is 3.37. The van der Waals surface area contributed by atoms with Crippen LogP contribution in [0.5, 0.6) is 0 Å². The maximum absolute atomic E-state index is 6.23. The van der Waals surface area contributed by atoms with Crippen LogP contribution in [0.3, 0.4) is 0 Å². The minimum absolute atomic E-state index is 0. The van der Waals surface area contributed by atoms with Crippen molar-refractivity contribution in [1.29, 1.82) is 0 Å². The van der Waals surface area contributed by atoms with Crippen LogP contribution in [-0.2, 0) is 6.54 Å². The van der Waals surface area contributed by atoms with E-state index in [0.29, 0.717) is 6.04 Å². The molecule has 4 nitrogen and oxygen atoms in total. The number of piperidine rings is 1. The molecule has 0 radical (unpaired) electrons. The Hall–Kier alpha value is -1.62. The van der Waals surface area contributed by atoms with Crippen molar-refractivity contribution in [1.82, 2.24) is 9.88 Å². The first-order valence-corrected chi connectivity index (χ1v) is 8.67. The molecule has 0 bridgehead atoms. The van der Waals surface area contributed by atoms with Gasteiger partial charge in [0.2, 0.25) is 0 Å². The van der Waals surface area contributed by atoms with E-state index in [4.69, 9.17) is 5.73 Å². The fraction of sp³-hybridized carbons (Fsp3) is 0.450. The number of hydrogen-bond donors (Lipinski definition) is 1. The highest BCUT2D eigenvalue weighted by Crippen LogP contribution is 2.28. The zero-order valence-electron chi connectivity index (χ0n) is 15.4. The highest BCUT2D eigenvalue weighted by atomic mass is 35.5. The number of rotatable bonds is 4. The van der Waals surface area contributed by atoms with Gasteiger partial charge in [0.1, 0.15) is 5.82 Å². The summed E-state index contributed by atoms with van der Waals surface area (Å²) in [5.74, 6) is 0.964. The molecule has 1 aromatic heterocycles. The summed E-state index contributed by atoms with van der Waals surface area (Å²) in [4.78, 5) is 9.24. The number of para-hydroxylation sites is 1. The van der Waals surface area contributed by atoms with Crippen molar-refractivity contribution in [3.05, 3.63) is 54.2 Å². The van der Waals surface area contributed by atoms with Crippen LogP contribution < -0.4 is 10.6 Å². The highest BCUT2D eigenvalue weighted by molar-refractivity contribution is 5.85. The van der Waals surface area contributed by atoms with E-state index in [9.17, 15) is 0 Å². The van der Waals surface area contributed by atoms with E-state index in [-0.39, 0.29) is 17.8 Å². The fourth-order valence-corrected chi connectivity index (χ4v) is 3.37. The molecule has 2 N–H and O–H groups in total. The summed E-state index contributed by atoms with van der Waals surface area (Å²) in [7, 11) is 2.05. The summed E-state index contributed by atoms with van der Waals surface area (Å²) in [5, 5.41) is 0. The first-order valence-electron chi connectivity index (χ1n) is 8.67. The van der Waals surface area contributed by atoms with Crippen molar-refractivity contribution in [2.24, 2.45) is 11.1 Å². The number of nitrogens with two attached hydrogens (primary N) is 1. The molecule has 25 heavy (non-hydrogen) atoms. The van der Waals surface area contributed by atoms with Crippen LogP contribution >= 0.6 is 12.4 Å². The van der Waals surface area contributed by atoms with Crippen molar-refractivity contribution >= 4 is 23.9 Å². The van der Waals surface area contributed by atoms with Gasteiger partial charge in [-0.2, -0.15) is 0 Å². The van der Waals surface area contributed by atoms with Crippen molar-refractivity contribution in [3.63, 3.8) is 0 Å². The first kappa shape index (κ1) is 19.7. The molecule has 1 aliphatic rings. The monoisotopic (exact) mass is 360 g/mol. The van der Waals surface area contributed by atoms with E-state index in [1.54, 1.807) is 0 Å². The van der Waals surface area contributed by atoms with E-state index in [2.05, 4.69) is 52.9 Å². The van der Waals surface area contributed by atoms with E-state index in [1.165, 1.54) is 5.56 Å². The molecule has 1 aromatic carbocycles. The molecule has 136 valence electrons. The molecule has 0 amide bonds. The third-order valence-corrected chi connectivity index (χ3v) is 5.09. The molecule has 2 aromatic rings. The summed E-state index contributed by atoms with van der Waals surface area (Å²) in [6.45, 7) is 7.58. The van der Waals surface area contributed by atoms with Gasteiger partial charge in [0.05, 0.1) is 0 Å². The molecule has 1 aliphatic heterocycles. The zero-order valence-corrected chi connectivity index (χ0v) is 16.2. The zero-order chi connectivity index (χ0) is 17.2. The second kappa shape index (κ2) is 8.17. The van der Waals surface area contributed by atoms with Crippen molar-refractivity contribution < 1.29 is 0 Å². The number of likely N-dealkylation sites (tertiary alicyclic amines) is 1. The molecule has 0 aliphatic carbocycles. The molecule has 0 saturated carbocycles. The molecular formula is C20H29ClN4. The molecular weight excluding hydrogens is 332 g/mol. The lowest BCUT2D eigenvalue weighted by Crippen LogP contribution is -2.52. The van der Waals surface area contributed by atoms with Gasteiger partial charge in [-0.05, 0) is 35.6 Å². The third-order valence-electron chi connectivity index (χ3n) is 5.09. The van der Waals surface area contributed by atoms with Crippen LogP contribution in [-0.4, -0.2) is 36.1 Å². The smallest absolute Gasteiger partial charge is 0.132 e. The number of benzene rings is 1. The first-order chi connectivity index (χ1) is 11.5. The Morgan fingerprint density at radius 2 is 1.92 bits per heavy atom. The lowest BCUT2D eigenvalue weighted by molar-refractivity contribution is 0.0898. The van der Waals surface area contributed by atoms with Gasteiger partial charge in [-0.25, -0.2) is 4.98 Å². The second-order valence-corrected chi connectivity index (χ2v) is 7.51. The van der Waals surface area contributed by atoms with E-state index >= 15 is 0 Å². The van der Waals surface area contributed by atoms with Crippen LogP contribution in [0.2, 0.25) is 0 Å². The predicted molar refractivity (Wildman–Crippen MR) is 108 cm³/mol. The van der Waals surface area contributed by atoms with Crippen LogP contribution in [0.25, 0.3) is 0 Å². The van der Waals surface area contributed by atoms with Crippen molar-refractivity contribution in [2.75, 3.05) is 25.0 Å². The molecule has 1 saturated heterocycles. The van der Waals surface area contributed by atoms with Gasteiger partial charge < -0.3 is 10.6 Å². The lowest BCUT2D eigenvalue weighted by atomic mass is 9.79. The van der Waals surface area contributed by atoms with Crippen LogP contribution in [0.1, 0.15) is 25.8 Å². The Labute approximate surface area is 157 Å². The number of hydrogen-bond acceptors (Lipinski definition) is 4. The topological polar surface area (TPSA) is 45.4 Å². The summed E-state index contributed by atoms with van der Waals surface area (Å²) >= 11 is 0. The van der Waals surface area contributed by atoms with Crippen LogP contribution in [0, 0.1) is 5.41 Å². The Balaban J connectivity index is 0.00000225. The van der Waals surface area contributed by atoms with E-state index in [1.807, 2.05) is 31.4 Å². The van der Waals surface area contributed by atoms with Gasteiger partial charge in [0.15, 0.2) is 0 Å². The third kappa shape index (κ3) is 4.72. The number of anilines is 2. The van der Waals surface area contributed by atoms with E-state index in [0.717, 1.165) is 37.6 Å². The predicted octanol–water partition coefficient (Wildman–Crippen LogP) is 3.83. The van der Waals surface area contributed by atoms with Gasteiger partial charge in [0, 0.05) is 44.6 Å². The minimum Gasteiger partial charge on any atom is -0.329 e. The number of aromatic nitrogens is 1. The summed E-state index contributed by atoms with van der Waals surface area (Å²) in [6.07, 6.45) is 3.06. The Bertz CT molecular complexity index is 657. The van der Waals surface area contributed by atoms with Crippen LogP contribution in [0.4, 0.5) is 11.5 Å². The Kier molecular flexibility index (Phi) is 6.44. The van der Waals surface area contributed by atoms with Crippen LogP contribution in [0.15, 0.2) is 48.7 Å². The molecule has 1 atom stereocenters. The summed E-state index contributed by atoms with van der Waals surface area (Å²) in [5.41, 5.74) is 8.81. The number of pyridine rings is 1. The average Bonchev–Trinajstić information content (AvgIpc) is 2.59. The number of nitrogens with zero attached hydrogens (tertiary/aromatic N) is 3. The minimum atomic E-state index is 0. The Morgan fingerprint density at radius 1 is 1.20 bits per heavy atom. The van der Waals surface area contributed by atoms with Gasteiger partial charge >= 0.3 is 0 Å². The molecule has 1 unspecified atom stereocenters. The largest absolute Gasteiger partial charge is 0.329 e. The molecule has 3 rings (SSSR count). The Morgan fingerprint density at radius 3 is 2.52 bits per heavy atom. The quantitative estimate of drug-likeness (QED) is 0.900. The maximum atomic E-state index is 6.23. The standard InChI is InChI=1S/C20H28N4.ClH/c1-20(2)15-24(12-11-18(20)21)14-16-9-10-19(22-13-16)23(3)17-7-5-4-6-8-17;/h4-10,13,18H,11-12,14-15,21H2,1-3H3;1H. The number of halogens is 1. The lowest BCUT2D eigenvalue weighted by Gasteiger charge is -2.42. The highest BCUT2D eigenvalue weighted by Gasteiger charge is 2.33. The molecule has 5 heteroatoms. The van der Waals surface area contributed by atoms with Crippen molar-refractivity contribution in [3.8, 4) is 0 Å².